The molecule has 0 spiro atoms. The quantitative estimate of drug-likeness (QED) is 0.337. The molecule has 4 rings (SSSR count). The number of hydrogen-bond donors (Lipinski definition) is 1. The molecular formula is C23H27N7O3S. The van der Waals surface area contributed by atoms with Gasteiger partial charge in [-0.1, -0.05) is 12.1 Å². The molecule has 10 nitrogen and oxygen atoms in total. The molecule has 0 aliphatic heterocycles. The minimum Gasteiger partial charge on any atom is -0.494 e. The van der Waals surface area contributed by atoms with Crippen LogP contribution in [0, 0.1) is 6.92 Å². The van der Waals surface area contributed by atoms with E-state index in [0.717, 1.165) is 12.1 Å². The van der Waals surface area contributed by atoms with Gasteiger partial charge in [-0.15, -0.1) is 10.2 Å². The maximum absolute atomic E-state index is 5.66. The fourth-order valence-corrected chi connectivity index (χ4v) is 4.12. The third kappa shape index (κ3) is 4.93. The molecule has 11 heteroatoms. The van der Waals surface area contributed by atoms with Crippen LogP contribution in [-0.2, 0) is 6.54 Å². The van der Waals surface area contributed by atoms with Gasteiger partial charge in [-0.3, -0.25) is 14.0 Å². The number of ether oxygens (including phenoxy) is 3. The van der Waals surface area contributed by atoms with Gasteiger partial charge < -0.3 is 14.2 Å². The summed E-state index contributed by atoms with van der Waals surface area (Å²) in [5.41, 5.74) is 2.39. The van der Waals surface area contributed by atoms with Crippen molar-refractivity contribution in [3.05, 3.63) is 54.4 Å². The minimum absolute atomic E-state index is 0.197. The van der Waals surface area contributed by atoms with Gasteiger partial charge in [0.15, 0.2) is 5.82 Å². The Labute approximate surface area is 202 Å². The van der Waals surface area contributed by atoms with E-state index < -0.39 is 0 Å². The van der Waals surface area contributed by atoms with Gasteiger partial charge in [-0.05, 0) is 49.6 Å². The summed E-state index contributed by atoms with van der Waals surface area (Å²) >= 11 is 1.52. The standard InChI is InChI=1S/C23H27N7O3S/c1-15-12-24-29(13-15)14-16(2)34-28-23-27-26-22(17-8-6-11-20(25-17)33-5)30(23)21-18(31-3)9-7-10-19(21)32-4/h6-13,16H,14H2,1-5H3,(H,27,28). The molecule has 0 aliphatic rings. The lowest BCUT2D eigenvalue weighted by Crippen LogP contribution is -2.13. The van der Waals surface area contributed by atoms with Gasteiger partial charge >= 0.3 is 0 Å². The number of benzene rings is 1. The second-order valence-electron chi connectivity index (χ2n) is 7.53. The highest BCUT2D eigenvalue weighted by Gasteiger charge is 2.23. The monoisotopic (exact) mass is 481 g/mol. The Morgan fingerprint density at radius 3 is 2.38 bits per heavy atom. The van der Waals surface area contributed by atoms with Crippen molar-refractivity contribution in [2.24, 2.45) is 0 Å². The summed E-state index contributed by atoms with van der Waals surface area (Å²) in [4.78, 5) is 4.55. The lowest BCUT2D eigenvalue weighted by molar-refractivity contribution is 0.391. The molecule has 0 aliphatic carbocycles. The molecule has 34 heavy (non-hydrogen) atoms. The van der Waals surface area contributed by atoms with E-state index in [0.29, 0.717) is 40.5 Å². The second kappa shape index (κ2) is 10.5. The molecule has 0 saturated carbocycles. The van der Waals surface area contributed by atoms with Crippen molar-refractivity contribution in [3.63, 3.8) is 0 Å². The van der Waals surface area contributed by atoms with E-state index in [4.69, 9.17) is 14.2 Å². The first-order valence-electron chi connectivity index (χ1n) is 10.6. The van der Waals surface area contributed by atoms with E-state index in [2.05, 4.69) is 31.9 Å². The Morgan fingerprint density at radius 2 is 1.74 bits per heavy atom. The van der Waals surface area contributed by atoms with Gasteiger partial charge in [-0.25, -0.2) is 4.98 Å². The third-order valence-electron chi connectivity index (χ3n) is 5.01. The molecule has 1 unspecified atom stereocenters. The van der Waals surface area contributed by atoms with E-state index in [-0.39, 0.29) is 5.25 Å². The maximum atomic E-state index is 5.66. The Kier molecular flexibility index (Phi) is 7.21. The summed E-state index contributed by atoms with van der Waals surface area (Å²) in [6.45, 7) is 4.88. The summed E-state index contributed by atoms with van der Waals surface area (Å²) < 4.78 is 23.8. The average Bonchev–Trinajstić information content (AvgIpc) is 3.47. The Balaban J connectivity index is 1.73. The molecule has 3 heterocycles. The molecule has 3 aromatic heterocycles. The van der Waals surface area contributed by atoms with Crippen LogP contribution < -0.4 is 18.9 Å². The molecule has 0 bridgehead atoms. The maximum Gasteiger partial charge on any atom is 0.239 e. The number of hydrogen-bond acceptors (Lipinski definition) is 9. The van der Waals surface area contributed by atoms with Crippen LogP contribution in [0.2, 0.25) is 0 Å². The van der Waals surface area contributed by atoms with E-state index in [9.17, 15) is 0 Å². The van der Waals surface area contributed by atoms with Crippen LogP contribution in [0.3, 0.4) is 0 Å². The van der Waals surface area contributed by atoms with Gasteiger partial charge in [0.25, 0.3) is 0 Å². The summed E-state index contributed by atoms with van der Waals surface area (Å²) in [6, 6.07) is 11.1. The lowest BCUT2D eigenvalue weighted by Gasteiger charge is -2.18. The van der Waals surface area contributed by atoms with Gasteiger partial charge in [0.2, 0.25) is 11.8 Å². The predicted molar refractivity (Wildman–Crippen MR) is 132 cm³/mol. The van der Waals surface area contributed by atoms with Crippen LogP contribution in [0.1, 0.15) is 12.5 Å². The molecule has 0 saturated heterocycles. The first-order valence-corrected chi connectivity index (χ1v) is 11.5. The average molecular weight is 482 g/mol. The number of anilines is 1. The van der Waals surface area contributed by atoms with Crippen molar-refractivity contribution < 1.29 is 14.2 Å². The number of rotatable bonds is 10. The summed E-state index contributed by atoms with van der Waals surface area (Å²) in [5.74, 6) is 2.72. The lowest BCUT2D eigenvalue weighted by atomic mass is 10.2. The highest BCUT2D eigenvalue weighted by molar-refractivity contribution is 8.01. The number of aryl methyl sites for hydroxylation is 1. The molecule has 0 amide bonds. The third-order valence-corrected chi connectivity index (χ3v) is 5.86. The largest absolute Gasteiger partial charge is 0.494 e. The summed E-state index contributed by atoms with van der Waals surface area (Å²) in [5, 5.41) is 13.4. The number of methoxy groups -OCH3 is 3. The van der Waals surface area contributed by atoms with Crippen molar-refractivity contribution in [3.8, 4) is 34.6 Å². The van der Waals surface area contributed by atoms with E-state index in [1.54, 1.807) is 27.4 Å². The molecular weight excluding hydrogens is 454 g/mol. The first-order chi connectivity index (χ1) is 16.5. The van der Waals surface area contributed by atoms with E-state index in [1.165, 1.54) is 11.9 Å². The number of pyridine rings is 1. The highest BCUT2D eigenvalue weighted by Crippen LogP contribution is 2.38. The van der Waals surface area contributed by atoms with Crippen LogP contribution in [0.25, 0.3) is 17.2 Å². The Bertz CT molecular complexity index is 1230. The smallest absolute Gasteiger partial charge is 0.239 e. The molecule has 0 radical (unpaired) electrons. The van der Waals surface area contributed by atoms with Gasteiger partial charge in [0.1, 0.15) is 22.9 Å². The van der Waals surface area contributed by atoms with Crippen LogP contribution in [0.4, 0.5) is 5.95 Å². The van der Waals surface area contributed by atoms with Gasteiger partial charge in [0, 0.05) is 17.5 Å². The topological polar surface area (TPSA) is 101 Å². The number of aromatic nitrogens is 6. The number of nitrogens with zero attached hydrogens (tertiary/aromatic N) is 6. The van der Waals surface area contributed by atoms with Crippen molar-refractivity contribution in [1.82, 2.24) is 29.5 Å². The number of para-hydroxylation sites is 1. The highest BCUT2D eigenvalue weighted by atomic mass is 32.2. The zero-order valence-electron chi connectivity index (χ0n) is 19.7. The molecule has 1 aromatic carbocycles. The zero-order chi connectivity index (χ0) is 24.1. The summed E-state index contributed by atoms with van der Waals surface area (Å²) in [7, 11) is 4.80. The van der Waals surface area contributed by atoms with E-state index in [1.807, 2.05) is 58.9 Å². The first kappa shape index (κ1) is 23.4. The molecule has 1 atom stereocenters. The Morgan fingerprint density at radius 1 is 1.00 bits per heavy atom. The predicted octanol–water partition coefficient (Wildman–Crippen LogP) is 4.01. The fraction of sp³-hybridized carbons (Fsp3) is 0.304. The van der Waals surface area contributed by atoms with Crippen molar-refractivity contribution in [1.29, 1.82) is 0 Å². The van der Waals surface area contributed by atoms with Crippen molar-refractivity contribution in [2.45, 2.75) is 25.6 Å². The SMILES string of the molecule is COc1cccc(-c2nnc(NSC(C)Cn3cc(C)cn3)n2-c2c(OC)cccc2OC)n1. The normalized spacial score (nSPS) is 11.8. The van der Waals surface area contributed by atoms with Crippen LogP contribution in [0.5, 0.6) is 17.4 Å². The van der Waals surface area contributed by atoms with Gasteiger partial charge in [0.05, 0.1) is 34.1 Å². The van der Waals surface area contributed by atoms with Gasteiger partial charge in [-0.2, -0.15) is 5.10 Å². The van der Waals surface area contributed by atoms with E-state index >= 15 is 0 Å². The van der Waals surface area contributed by atoms with Crippen LogP contribution in [0.15, 0.2) is 48.8 Å². The van der Waals surface area contributed by atoms with Crippen LogP contribution in [-0.4, -0.2) is 56.1 Å². The molecule has 0 fully saturated rings. The molecule has 178 valence electrons. The van der Waals surface area contributed by atoms with Crippen molar-refractivity contribution in [2.75, 3.05) is 26.1 Å². The number of nitrogens with one attached hydrogen (secondary N) is 1. The van der Waals surface area contributed by atoms with Crippen LogP contribution >= 0.6 is 11.9 Å². The van der Waals surface area contributed by atoms with Crippen molar-refractivity contribution >= 4 is 17.9 Å². The summed E-state index contributed by atoms with van der Waals surface area (Å²) in [6.07, 6.45) is 3.87. The fourth-order valence-electron chi connectivity index (χ4n) is 3.45. The minimum atomic E-state index is 0.197. The Hall–Kier alpha value is -3.73. The molecule has 4 aromatic rings. The molecule has 1 N–H and O–H groups in total. The second-order valence-corrected chi connectivity index (χ2v) is 8.77. The zero-order valence-corrected chi connectivity index (χ0v) is 20.5.